The molecule has 0 amide bonds. The number of nitrogens with two attached hydrogens (primary N) is 1. The maximum atomic E-state index is 12.6. The first-order chi connectivity index (χ1) is 9.36. The van der Waals surface area contributed by atoms with Gasteiger partial charge in [0, 0.05) is 11.8 Å². The molecule has 0 bridgehead atoms. The molecule has 2 aromatic carbocycles. The Hall–Kier alpha value is -2.17. The van der Waals surface area contributed by atoms with E-state index in [-0.39, 0.29) is 6.61 Å². The van der Waals surface area contributed by atoms with E-state index in [1.54, 1.807) is 24.3 Å². The maximum Gasteiger partial charge on any atom is 0.416 e. The summed E-state index contributed by atoms with van der Waals surface area (Å²) in [6, 6.07) is 10.3. The fraction of sp³-hybridized carbons (Fsp3) is 0.200. The molecule has 0 heterocycles. The molecule has 0 spiro atoms. The number of ether oxygens (including phenoxy) is 1. The van der Waals surface area contributed by atoms with E-state index < -0.39 is 11.7 Å². The number of aryl methyl sites for hydroxylation is 1. The van der Waals surface area contributed by atoms with Gasteiger partial charge in [-0.3, -0.25) is 0 Å². The van der Waals surface area contributed by atoms with Gasteiger partial charge in [-0.15, -0.1) is 0 Å². The highest BCUT2D eigenvalue weighted by atomic mass is 19.4. The molecule has 0 aromatic heterocycles. The van der Waals surface area contributed by atoms with Gasteiger partial charge in [-0.2, -0.15) is 13.2 Å². The lowest BCUT2D eigenvalue weighted by Crippen LogP contribution is -2.06. The SMILES string of the molecule is Cc1ccc(N)cc1OCc1cccc(C(F)(F)F)c1. The van der Waals surface area contributed by atoms with Gasteiger partial charge in [0.05, 0.1) is 5.56 Å². The fourth-order valence-electron chi connectivity index (χ4n) is 1.77. The van der Waals surface area contributed by atoms with Gasteiger partial charge in [-0.1, -0.05) is 18.2 Å². The molecule has 2 rings (SSSR count). The lowest BCUT2D eigenvalue weighted by atomic mass is 10.1. The molecule has 0 fully saturated rings. The Bertz CT molecular complexity index is 608. The third kappa shape index (κ3) is 3.44. The topological polar surface area (TPSA) is 35.2 Å². The molecule has 0 aliphatic carbocycles. The summed E-state index contributed by atoms with van der Waals surface area (Å²) in [7, 11) is 0. The highest BCUT2D eigenvalue weighted by molar-refractivity contribution is 5.48. The Morgan fingerprint density at radius 2 is 1.85 bits per heavy atom. The van der Waals surface area contributed by atoms with Crippen molar-refractivity contribution in [2.45, 2.75) is 19.7 Å². The summed E-state index contributed by atoms with van der Waals surface area (Å²) in [5.74, 6) is 0.572. The second-order valence-corrected chi connectivity index (χ2v) is 4.51. The Kier molecular flexibility index (Phi) is 3.88. The van der Waals surface area contributed by atoms with Crippen molar-refractivity contribution in [2.75, 3.05) is 5.73 Å². The van der Waals surface area contributed by atoms with Crippen molar-refractivity contribution in [1.29, 1.82) is 0 Å². The number of hydrogen-bond donors (Lipinski definition) is 1. The van der Waals surface area contributed by atoms with Crippen molar-refractivity contribution in [2.24, 2.45) is 0 Å². The first-order valence-electron chi connectivity index (χ1n) is 6.01. The number of nitrogen functional groups attached to an aromatic ring is 1. The molecule has 2 N–H and O–H groups in total. The van der Waals surface area contributed by atoms with E-state index >= 15 is 0 Å². The van der Waals surface area contributed by atoms with Crippen LogP contribution in [0.3, 0.4) is 0 Å². The van der Waals surface area contributed by atoms with Gasteiger partial charge in [0.25, 0.3) is 0 Å². The summed E-state index contributed by atoms with van der Waals surface area (Å²) in [5, 5.41) is 0. The van der Waals surface area contributed by atoms with E-state index in [2.05, 4.69) is 0 Å². The van der Waals surface area contributed by atoms with Crippen LogP contribution in [0.25, 0.3) is 0 Å². The van der Waals surface area contributed by atoms with E-state index in [9.17, 15) is 13.2 Å². The normalized spacial score (nSPS) is 11.4. The largest absolute Gasteiger partial charge is 0.489 e. The second kappa shape index (κ2) is 5.45. The minimum atomic E-state index is -4.34. The van der Waals surface area contributed by atoms with Crippen molar-refractivity contribution in [3.63, 3.8) is 0 Å². The quantitative estimate of drug-likeness (QED) is 0.857. The molecule has 2 nitrogen and oxygen atoms in total. The van der Waals surface area contributed by atoms with Crippen molar-refractivity contribution < 1.29 is 17.9 Å². The number of hydrogen-bond acceptors (Lipinski definition) is 2. The highest BCUT2D eigenvalue weighted by Crippen LogP contribution is 2.30. The second-order valence-electron chi connectivity index (χ2n) is 4.51. The molecule has 0 unspecified atom stereocenters. The molecular formula is C15H14F3NO. The van der Waals surface area contributed by atoms with Crippen molar-refractivity contribution >= 4 is 5.69 Å². The predicted octanol–water partition coefficient (Wildman–Crippen LogP) is 4.18. The number of benzene rings is 2. The molecule has 0 saturated heterocycles. The van der Waals surface area contributed by atoms with Crippen LogP contribution in [-0.2, 0) is 12.8 Å². The number of rotatable bonds is 3. The first-order valence-corrected chi connectivity index (χ1v) is 6.01. The van der Waals surface area contributed by atoms with E-state index in [0.29, 0.717) is 17.0 Å². The Morgan fingerprint density at radius 3 is 2.55 bits per heavy atom. The van der Waals surface area contributed by atoms with E-state index in [1.807, 2.05) is 6.92 Å². The average Bonchev–Trinajstić information content (AvgIpc) is 2.39. The molecule has 5 heteroatoms. The van der Waals surface area contributed by atoms with Crippen LogP contribution in [0.1, 0.15) is 16.7 Å². The van der Waals surface area contributed by atoms with Crippen molar-refractivity contribution in [3.05, 3.63) is 59.2 Å². The van der Waals surface area contributed by atoms with Crippen LogP contribution in [0, 0.1) is 6.92 Å². The standard InChI is InChI=1S/C15H14F3NO/c1-10-5-6-13(19)8-14(10)20-9-11-3-2-4-12(7-11)15(16,17)18/h2-8H,9,19H2,1H3. The molecule has 0 saturated carbocycles. The zero-order valence-electron chi connectivity index (χ0n) is 10.9. The van der Waals surface area contributed by atoms with Crippen LogP contribution in [-0.4, -0.2) is 0 Å². The van der Waals surface area contributed by atoms with Crippen LogP contribution < -0.4 is 10.5 Å². The smallest absolute Gasteiger partial charge is 0.416 e. The van der Waals surface area contributed by atoms with E-state index in [0.717, 1.165) is 17.7 Å². The fourth-order valence-corrected chi connectivity index (χ4v) is 1.77. The Labute approximate surface area is 115 Å². The summed E-state index contributed by atoms with van der Waals surface area (Å²) >= 11 is 0. The molecule has 0 radical (unpaired) electrons. The van der Waals surface area contributed by atoms with Crippen molar-refractivity contribution in [1.82, 2.24) is 0 Å². The van der Waals surface area contributed by atoms with Gasteiger partial charge in [-0.05, 0) is 36.2 Å². The lowest BCUT2D eigenvalue weighted by Gasteiger charge is -2.12. The van der Waals surface area contributed by atoms with Crippen LogP contribution in [0.4, 0.5) is 18.9 Å². The summed E-state index contributed by atoms with van der Waals surface area (Å²) in [6.07, 6.45) is -4.34. The van der Waals surface area contributed by atoms with Gasteiger partial charge < -0.3 is 10.5 Å². The van der Waals surface area contributed by atoms with Crippen LogP contribution in [0.5, 0.6) is 5.75 Å². The Morgan fingerprint density at radius 1 is 1.10 bits per heavy atom. The molecule has 2 aromatic rings. The van der Waals surface area contributed by atoms with Gasteiger partial charge >= 0.3 is 6.18 Å². The maximum absolute atomic E-state index is 12.6. The number of alkyl halides is 3. The van der Waals surface area contributed by atoms with Crippen LogP contribution >= 0.6 is 0 Å². The Balaban J connectivity index is 2.13. The van der Waals surface area contributed by atoms with Gasteiger partial charge in [-0.25, -0.2) is 0 Å². The van der Waals surface area contributed by atoms with Crippen LogP contribution in [0.15, 0.2) is 42.5 Å². The minimum Gasteiger partial charge on any atom is -0.489 e. The zero-order chi connectivity index (χ0) is 14.8. The number of anilines is 1. The van der Waals surface area contributed by atoms with Gasteiger partial charge in [0.2, 0.25) is 0 Å². The average molecular weight is 281 g/mol. The van der Waals surface area contributed by atoms with Crippen molar-refractivity contribution in [3.8, 4) is 5.75 Å². The highest BCUT2D eigenvalue weighted by Gasteiger charge is 2.30. The van der Waals surface area contributed by atoms with Gasteiger partial charge in [0.1, 0.15) is 12.4 Å². The third-order valence-corrected chi connectivity index (χ3v) is 2.86. The minimum absolute atomic E-state index is 0.0637. The molecule has 0 aliphatic rings. The lowest BCUT2D eigenvalue weighted by molar-refractivity contribution is -0.137. The summed E-state index contributed by atoms with van der Waals surface area (Å²) < 4.78 is 43.3. The molecule has 20 heavy (non-hydrogen) atoms. The summed E-state index contributed by atoms with van der Waals surface area (Å²) in [4.78, 5) is 0. The molecule has 0 atom stereocenters. The summed E-state index contributed by atoms with van der Waals surface area (Å²) in [6.45, 7) is 1.91. The molecule has 106 valence electrons. The zero-order valence-corrected chi connectivity index (χ0v) is 10.9. The molecular weight excluding hydrogens is 267 g/mol. The third-order valence-electron chi connectivity index (χ3n) is 2.86. The predicted molar refractivity (Wildman–Crippen MR) is 71.4 cm³/mol. The summed E-state index contributed by atoms with van der Waals surface area (Å²) in [5.41, 5.74) is 6.86. The molecule has 0 aliphatic heterocycles. The first kappa shape index (κ1) is 14.2. The van der Waals surface area contributed by atoms with Crippen LogP contribution in [0.2, 0.25) is 0 Å². The van der Waals surface area contributed by atoms with E-state index in [1.165, 1.54) is 6.07 Å². The number of halogens is 3. The van der Waals surface area contributed by atoms with Gasteiger partial charge in [0.15, 0.2) is 0 Å². The van der Waals surface area contributed by atoms with E-state index in [4.69, 9.17) is 10.5 Å². The monoisotopic (exact) mass is 281 g/mol.